The second-order valence-corrected chi connectivity index (χ2v) is 15.1. The van der Waals surface area contributed by atoms with Crippen molar-refractivity contribution in [2.75, 3.05) is 36.0 Å². The Kier molecular flexibility index (Phi) is 11.7. The van der Waals surface area contributed by atoms with E-state index in [9.17, 15) is 0 Å². The molecule has 1 unspecified atom stereocenters. The van der Waals surface area contributed by atoms with Crippen LogP contribution < -0.4 is 19.3 Å². The first kappa shape index (κ1) is 40.0. The highest BCUT2D eigenvalue weighted by molar-refractivity contribution is 5.87. The molecule has 0 saturated carbocycles. The lowest BCUT2D eigenvalue weighted by molar-refractivity contribution is 0.467. The zero-order valence-corrected chi connectivity index (χ0v) is 35.4. The fourth-order valence-electron chi connectivity index (χ4n) is 7.93. The van der Waals surface area contributed by atoms with Gasteiger partial charge in [0.15, 0.2) is 11.6 Å². The van der Waals surface area contributed by atoms with E-state index < -0.39 is 0 Å². The first-order valence-electron chi connectivity index (χ1n) is 21.1. The number of hydrogen-bond donors (Lipinski definition) is 0. The van der Waals surface area contributed by atoms with Crippen molar-refractivity contribution in [3.8, 4) is 45.9 Å². The Hall–Kier alpha value is -6.80. The van der Waals surface area contributed by atoms with Gasteiger partial charge in [0.25, 0.3) is 0 Å². The third-order valence-electron chi connectivity index (χ3n) is 11.8. The zero-order valence-electron chi connectivity index (χ0n) is 35.4. The zero-order chi connectivity index (χ0) is 41.6. The van der Waals surface area contributed by atoms with Crippen molar-refractivity contribution < 1.29 is 9.47 Å². The Morgan fingerprint density at radius 1 is 0.483 bits per heavy atom. The molecule has 0 radical (unpaired) electrons. The van der Waals surface area contributed by atoms with Crippen molar-refractivity contribution >= 4 is 33.2 Å². The van der Waals surface area contributed by atoms with Crippen LogP contribution in [0.15, 0.2) is 146 Å². The summed E-state index contributed by atoms with van der Waals surface area (Å²) in [5.74, 6) is 4.04. The highest BCUT2D eigenvalue weighted by Crippen LogP contribution is 2.39. The molecule has 0 amide bonds. The molecule has 0 aliphatic carbocycles. The van der Waals surface area contributed by atoms with E-state index in [2.05, 4.69) is 124 Å². The van der Waals surface area contributed by atoms with E-state index >= 15 is 0 Å². The lowest BCUT2D eigenvalue weighted by atomic mass is 9.74. The largest absolute Gasteiger partial charge is 0.457 e. The van der Waals surface area contributed by atoms with Crippen molar-refractivity contribution in [3.63, 3.8) is 0 Å². The average Bonchev–Trinajstić information content (AvgIpc) is 3.30. The van der Waals surface area contributed by atoms with Gasteiger partial charge in [-0.1, -0.05) is 56.3 Å². The predicted molar refractivity (Wildman–Crippen MR) is 247 cm³/mol. The van der Waals surface area contributed by atoms with Gasteiger partial charge in [0.2, 0.25) is 5.88 Å². The minimum Gasteiger partial charge on any atom is -0.457 e. The molecule has 0 spiro atoms. The first-order chi connectivity index (χ1) is 29.3. The molecule has 8 heteroatoms. The summed E-state index contributed by atoms with van der Waals surface area (Å²) in [7, 11) is 0. The summed E-state index contributed by atoms with van der Waals surface area (Å²) in [6, 6.07) is 47.6. The van der Waals surface area contributed by atoms with E-state index in [-0.39, 0.29) is 5.41 Å². The molecule has 0 saturated heterocycles. The first-order valence-corrected chi connectivity index (χ1v) is 21.1. The Labute approximate surface area is 353 Å². The normalized spacial score (nSPS) is 12.3. The maximum absolute atomic E-state index is 6.52. The van der Waals surface area contributed by atoms with Gasteiger partial charge >= 0.3 is 0 Å². The Morgan fingerprint density at radius 3 is 1.55 bits per heavy atom. The van der Waals surface area contributed by atoms with Crippen molar-refractivity contribution in [1.82, 2.24) is 19.9 Å². The van der Waals surface area contributed by atoms with Crippen LogP contribution in [0.5, 0.6) is 23.1 Å². The second kappa shape index (κ2) is 17.6. The molecule has 60 heavy (non-hydrogen) atoms. The van der Waals surface area contributed by atoms with Gasteiger partial charge in [-0.2, -0.15) is 4.98 Å². The van der Waals surface area contributed by atoms with Gasteiger partial charge in [0.05, 0.1) is 21.8 Å². The van der Waals surface area contributed by atoms with Gasteiger partial charge in [-0.15, -0.1) is 0 Å². The standard InChI is InChI=1S/C52H52N6O2/c1-7-52(6,38-23-31-42(32-24-38)59-48-18-14-17-47-45(48)35-53-49(54-47)36-19-27-40(28-20-36)57(8-2)9-3)39-25-33-43(34-26-39)60-51-44-15-12-13-16-46(44)55-50(56-51)37-21-29-41(30-22-37)58(10-4)11-5/h12-35H,7-11H2,1-6H3. The number of ether oxygens (including phenoxy) is 2. The monoisotopic (exact) mass is 792 g/mol. The fourth-order valence-corrected chi connectivity index (χ4v) is 7.93. The van der Waals surface area contributed by atoms with E-state index in [1.54, 1.807) is 0 Å². The van der Waals surface area contributed by atoms with Crippen LogP contribution in [0.2, 0.25) is 0 Å². The van der Waals surface area contributed by atoms with Crippen molar-refractivity contribution in [2.45, 2.75) is 53.4 Å². The van der Waals surface area contributed by atoms with E-state index in [0.717, 1.165) is 71.3 Å². The van der Waals surface area contributed by atoms with Gasteiger partial charge in [0.1, 0.15) is 17.2 Å². The van der Waals surface area contributed by atoms with Gasteiger partial charge in [-0.05, 0) is 142 Å². The van der Waals surface area contributed by atoms with E-state index in [0.29, 0.717) is 29.0 Å². The summed E-state index contributed by atoms with van der Waals surface area (Å²) in [5, 5.41) is 1.73. The van der Waals surface area contributed by atoms with Crippen molar-refractivity contribution in [1.29, 1.82) is 0 Å². The van der Waals surface area contributed by atoms with E-state index in [4.69, 9.17) is 29.4 Å². The molecule has 6 aromatic carbocycles. The molecule has 8 rings (SSSR count). The summed E-state index contributed by atoms with van der Waals surface area (Å²) < 4.78 is 13.0. The Morgan fingerprint density at radius 2 is 0.983 bits per heavy atom. The highest BCUT2D eigenvalue weighted by atomic mass is 16.5. The third-order valence-corrected chi connectivity index (χ3v) is 11.8. The molecule has 1 atom stereocenters. The van der Waals surface area contributed by atoms with Crippen LogP contribution in [-0.2, 0) is 5.41 Å². The molecule has 8 nitrogen and oxygen atoms in total. The molecule has 0 aliphatic rings. The molecule has 0 aliphatic heterocycles. The number of hydrogen-bond acceptors (Lipinski definition) is 8. The lowest BCUT2D eigenvalue weighted by Gasteiger charge is -2.30. The summed E-state index contributed by atoms with van der Waals surface area (Å²) in [5.41, 5.74) is 8.13. The Balaban J connectivity index is 0.986. The summed E-state index contributed by atoms with van der Waals surface area (Å²) in [4.78, 5) is 24.1. The number of benzene rings is 6. The highest BCUT2D eigenvalue weighted by Gasteiger charge is 2.27. The van der Waals surface area contributed by atoms with Gasteiger partial charge < -0.3 is 19.3 Å². The van der Waals surface area contributed by atoms with E-state index in [1.807, 2.05) is 72.9 Å². The smallest absolute Gasteiger partial charge is 0.230 e. The number of anilines is 2. The molecule has 2 aromatic heterocycles. The molecular weight excluding hydrogens is 741 g/mol. The fraction of sp³-hybridized carbons (Fsp3) is 0.231. The maximum Gasteiger partial charge on any atom is 0.230 e. The van der Waals surface area contributed by atoms with Crippen LogP contribution in [0.4, 0.5) is 11.4 Å². The number of rotatable bonds is 15. The van der Waals surface area contributed by atoms with Crippen LogP contribution in [-0.4, -0.2) is 46.1 Å². The summed E-state index contributed by atoms with van der Waals surface area (Å²) in [6.07, 6.45) is 2.76. The number of aromatic nitrogens is 4. The molecule has 0 N–H and O–H groups in total. The lowest BCUT2D eigenvalue weighted by Crippen LogP contribution is -2.22. The van der Waals surface area contributed by atoms with Crippen molar-refractivity contribution in [2.24, 2.45) is 0 Å². The van der Waals surface area contributed by atoms with Crippen LogP contribution in [0.3, 0.4) is 0 Å². The van der Waals surface area contributed by atoms with Crippen LogP contribution >= 0.6 is 0 Å². The second-order valence-electron chi connectivity index (χ2n) is 15.1. The summed E-state index contributed by atoms with van der Waals surface area (Å²) >= 11 is 0. The van der Waals surface area contributed by atoms with Crippen LogP contribution in [0.1, 0.15) is 59.1 Å². The topological polar surface area (TPSA) is 76.5 Å². The minimum absolute atomic E-state index is 0.240. The SMILES string of the molecule is CCN(CC)c1ccc(-c2ncc3c(Oc4ccc(C(C)(CC)c5ccc(Oc6nc(-c7ccc(N(CC)CC)cc7)nc7ccccc67)cc5)cc4)cccc3n2)cc1. The number of para-hydroxylation sites is 1. The maximum atomic E-state index is 6.52. The predicted octanol–water partition coefficient (Wildman–Crippen LogP) is 12.9. The van der Waals surface area contributed by atoms with Crippen molar-refractivity contribution in [3.05, 3.63) is 157 Å². The third kappa shape index (κ3) is 8.10. The molecule has 0 fully saturated rings. The molecule has 0 bridgehead atoms. The summed E-state index contributed by atoms with van der Waals surface area (Å²) in [6.45, 7) is 17.0. The molecular formula is C52H52N6O2. The molecule has 2 heterocycles. The quantitative estimate of drug-likeness (QED) is 0.102. The van der Waals surface area contributed by atoms with Crippen LogP contribution in [0.25, 0.3) is 44.6 Å². The molecule has 8 aromatic rings. The average molecular weight is 793 g/mol. The van der Waals surface area contributed by atoms with E-state index in [1.165, 1.54) is 22.5 Å². The van der Waals surface area contributed by atoms with Crippen LogP contribution in [0, 0.1) is 0 Å². The molecule has 302 valence electrons. The minimum atomic E-state index is -0.240. The van der Waals surface area contributed by atoms with Gasteiger partial charge in [0, 0.05) is 60.3 Å². The van der Waals surface area contributed by atoms with Gasteiger partial charge in [-0.25, -0.2) is 15.0 Å². The van der Waals surface area contributed by atoms with Gasteiger partial charge in [-0.3, -0.25) is 0 Å². The Bertz CT molecular complexity index is 2690. The number of nitrogens with zero attached hydrogens (tertiary/aromatic N) is 6. The number of fused-ring (bicyclic) bond motifs is 2.